The zero-order valence-electron chi connectivity index (χ0n) is 17.8. The molecule has 0 aliphatic carbocycles. The van der Waals surface area contributed by atoms with Gasteiger partial charge in [-0.25, -0.2) is 0 Å². The fraction of sp³-hybridized carbons (Fsp3) is 0.269. The van der Waals surface area contributed by atoms with Crippen molar-refractivity contribution in [2.75, 3.05) is 12.4 Å². The summed E-state index contributed by atoms with van der Waals surface area (Å²) < 4.78 is 11.9. The molecule has 1 atom stereocenters. The Kier molecular flexibility index (Phi) is 6.52. The van der Waals surface area contributed by atoms with E-state index in [-0.39, 0.29) is 17.6 Å². The summed E-state index contributed by atoms with van der Waals surface area (Å²) in [6.07, 6.45) is 0.718. The van der Waals surface area contributed by atoms with E-state index in [0.29, 0.717) is 12.2 Å². The summed E-state index contributed by atoms with van der Waals surface area (Å²) in [6.45, 7) is 4.70. The van der Waals surface area contributed by atoms with Crippen LogP contribution in [0.15, 0.2) is 83.8 Å². The molecule has 0 spiro atoms. The molecule has 3 aromatic rings. The molecule has 0 aromatic heterocycles. The van der Waals surface area contributed by atoms with E-state index in [9.17, 15) is 4.79 Å². The molecule has 1 aliphatic heterocycles. The van der Waals surface area contributed by atoms with Gasteiger partial charge >= 0.3 is 0 Å². The Labute approximate surface area is 188 Å². The van der Waals surface area contributed by atoms with E-state index < -0.39 is 0 Å². The lowest BCUT2D eigenvalue weighted by Crippen LogP contribution is -2.41. The second-order valence-electron chi connectivity index (χ2n) is 8.16. The summed E-state index contributed by atoms with van der Waals surface area (Å²) >= 11 is 1.76. The highest BCUT2D eigenvalue weighted by Crippen LogP contribution is 2.39. The number of fused-ring (bicyclic) bond motifs is 1. The van der Waals surface area contributed by atoms with Gasteiger partial charge in [-0.05, 0) is 56.3 Å². The maximum absolute atomic E-state index is 12.9. The van der Waals surface area contributed by atoms with Gasteiger partial charge in [-0.1, -0.05) is 36.4 Å². The van der Waals surface area contributed by atoms with E-state index in [4.69, 9.17) is 9.47 Å². The number of nitrogens with one attached hydrogen (secondary N) is 1. The highest BCUT2D eigenvalue weighted by molar-refractivity contribution is 7.99. The number of amides is 1. The van der Waals surface area contributed by atoms with E-state index in [2.05, 4.69) is 17.4 Å². The third kappa shape index (κ3) is 5.61. The van der Waals surface area contributed by atoms with Crippen LogP contribution in [-0.4, -0.2) is 23.9 Å². The molecule has 4 rings (SSSR count). The minimum atomic E-state index is -0.332. The summed E-state index contributed by atoms with van der Waals surface area (Å²) in [5.41, 5.74) is 1.31. The molecule has 1 heterocycles. The van der Waals surface area contributed by atoms with Crippen LogP contribution < -0.4 is 14.8 Å². The fourth-order valence-corrected chi connectivity index (χ4v) is 4.46. The number of hydrogen-bond donors (Lipinski definition) is 1. The molecule has 160 valence electrons. The maximum atomic E-state index is 12.9. The summed E-state index contributed by atoms with van der Waals surface area (Å²) in [5.74, 6) is 2.37. The van der Waals surface area contributed by atoms with E-state index in [1.807, 2.05) is 80.6 Å². The molecule has 31 heavy (non-hydrogen) atoms. The average molecular weight is 434 g/mol. The third-order valence-corrected chi connectivity index (χ3v) is 6.14. The van der Waals surface area contributed by atoms with E-state index in [0.717, 1.165) is 29.2 Å². The standard InChI is InChI=1S/C26H27NO3S/c1-26(2)18-23(22-10-6-7-11-24(22)30-26)27-25(28)19-12-14-20(15-13-19)29-16-17-31-21-8-4-3-5-9-21/h3-15,23H,16-18H2,1-2H3,(H,27,28). The molecule has 1 unspecified atom stereocenters. The van der Waals surface area contributed by atoms with Gasteiger partial charge in [-0.15, -0.1) is 11.8 Å². The van der Waals surface area contributed by atoms with Crippen LogP contribution >= 0.6 is 11.8 Å². The topological polar surface area (TPSA) is 47.6 Å². The van der Waals surface area contributed by atoms with Gasteiger partial charge in [0.15, 0.2) is 0 Å². The number of hydrogen-bond acceptors (Lipinski definition) is 4. The van der Waals surface area contributed by atoms with Crippen LogP contribution in [-0.2, 0) is 0 Å². The summed E-state index contributed by atoms with van der Waals surface area (Å²) in [4.78, 5) is 14.1. The maximum Gasteiger partial charge on any atom is 0.251 e. The smallest absolute Gasteiger partial charge is 0.251 e. The van der Waals surface area contributed by atoms with Crippen molar-refractivity contribution in [1.29, 1.82) is 0 Å². The molecule has 0 saturated heterocycles. The molecule has 4 nitrogen and oxygen atoms in total. The van der Waals surface area contributed by atoms with Crippen molar-refractivity contribution in [2.45, 2.75) is 36.8 Å². The average Bonchev–Trinajstić information content (AvgIpc) is 2.77. The lowest BCUT2D eigenvalue weighted by Gasteiger charge is -2.37. The number of carbonyl (C=O) groups is 1. The lowest BCUT2D eigenvalue weighted by molar-refractivity contribution is 0.0619. The third-order valence-electron chi connectivity index (χ3n) is 5.16. The molecular formula is C26H27NO3S. The summed E-state index contributed by atoms with van der Waals surface area (Å²) in [7, 11) is 0. The van der Waals surface area contributed by atoms with Crippen LogP contribution in [0, 0.1) is 0 Å². The first-order valence-electron chi connectivity index (χ1n) is 10.5. The van der Waals surface area contributed by atoms with Crippen LogP contribution in [0.1, 0.15) is 42.2 Å². The van der Waals surface area contributed by atoms with Gasteiger partial charge in [0.1, 0.15) is 17.1 Å². The lowest BCUT2D eigenvalue weighted by atomic mass is 9.89. The molecule has 1 amide bonds. The molecule has 3 aromatic carbocycles. The van der Waals surface area contributed by atoms with Gasteiger partial charge in [0.25, 0.3) is 5.91 Å². The van der Waals surface area contributed by atoms with E-state index in [1.165, 1.54) is 4.90 Å². The van der Waals surface area contributed by atoms with E-state index in [1.54, 1.807) is 11.8 Å². The van der Waals surface area contributed by atoms with Crippen molar-refractivity contribution in [1.82, 2.24) is 5.32 Å². The Morgan fingerprint density at radius 1 is 1.03 bits per heavy atom. The Morgan fingerprint density at radius 3 is 2.52 bits per heavy atom. The first-order chi connectivity index (χ1) is 15.0. The van der Waals surface area contributed by atoms with Gasteiger partial charge < -0.3 is 14.8 Å². The molecule has 0 bridgehead atoms. The van der Waals surface area contributed by atoms with Crippen molar-refractivity contribution in [3.05, 3.63) is 90.0 Å². The Morgan fingerprint density at radius 2 is 1.74 bits per heavy atom. The van der Waals surface area contributed by atoms with Crippen molar-refractivity contribution in [2.24, 2.45) is 0 Å². The second kappa shape index (κ2) is 9.48. The van der Waals surface area contributed by atoms with Crippen molar-refractivity contribution < 1.29 is 14.3 Å². The van der Waals surface area contributed by atoms with Crippen molar-refractivity contribution in [3.8, 4) is 11.5 Å². The fourth-order valence-electron chi connectivity index (χ4n) is 3.71. The number of carbonyl (C=O) groups excluding carboxylic acids is 1. The number of thioether (sulfide) groups is 1. The summed E-state index contributed by atoms with van der Waals surface area (Å²) in [5, 5.41) is 3.17. The SMILES string of the molecule is CC1(C)CC(NC(=O)c2ccc(OCCSc3ccccc3)cc2)c2ccccc2O1. The van der Waals surface area contributed by atoms with Crippen LogP contribution in [0.25, 0.3) is 0 Å². The Bertz CT molecular complexity index is 1020. The van der Waals surface area contributed by atoms with Crippen LogP contribution in [0.3, 0.4) is 0 Å². The van der Waals surface area contributed by atoms with Crippen LogP contribution in [0.4, 0.5) is 0 Å². The zero-order valence-corrected chi connectivity index (χ0v) is 18.7. The first-order valence-corrected chi connectivity index (χ1v) is 11.5. The molecule has 0 fully saturated rings. The molecule has 1 N–H and O–H groups in total. The molecule has 5 heteroatoms. The largest absolute Gasteiger partial charge is 0.493 e. The molecule has 1 aliphatic rings. The van der Waals surface area contributed by atoms with Gasteiger partial charge in [0, 0.05) is 28.2 Å². The normalized spacial score (nSPS) is 16.6. The van der Waals surface area contributed by atoms with Gasteiger partial charge in [-0.3, -0.25) is 4.79 Å². The predicted molar refractivity (Wildman–Crippen MR) is 125 cm³/mol. The number of ether oxygens (including phenoxy) is 2. The minimum absolute atomic E-state index is 0.0848. The zero-order chi connectivity index (χ0) is 21.7. The quantitative estimate of drug-likeness (QED) is 0.373. The number of benzene rings is 3. The minimum Gasteiger partial charge on any atom is -0.493 e. The Balaban J connectivity index is 1.32. The van der Waals surface area contributed by atoms with Crippen molar-refractivity contribution in [3.63, 3.8) is 0 Å². The molecule has 0 radical (unpaired) electrons. The van der Waals surface area contributed by atoms with Gasteiger partial charge in [0.05, 0.1) is 12.6 Å². The summed E-state index contributed by atoms with van der Waals surface area (Å²) in [6, 6.07) is 25.4. The predicted octanol–water partition coefficient (Wildman–Crippen LogP) is 5.89. The van der Waals surface area contributed by atoms with E-state index >= 15 is 0 Å². The highest BCUT2D eigenvalue weighted by Gasteiger charge is 2.34. The second-order valence-corrected chi connectivity index (χ2v) is 9.33. The first kappa shape index (κ1) is 21.3. The highest BCUT2D eigenvalue weighted by atomic mass is 32.2. The number of rotatable bonds is 7. The Hall–Kier alpha value is -2.92. The molecular weight excluding hydrogens is 406 g/mol. The van der Waals surface area contributed by atoms with Gasteiger partial charge in [-0.2, -0.15) is 0 Å². The van der Waals surface area contributed by atoms with Crippen LogP contribution in [0.5, 0.6) is 11.5 Å². The van der Waals surface area contributed by atoms with Crippen molar-refractivity contribution >= 4 is 17.7 Å². The van der Waals surface area contributed by atoms with Crippen LogP contribution in [0.2, 0.25) is 0 Å². The monoisotopic (exact) mass is 433 g/mol. The van der Waals surface area contributed by atoms with Gasteiger partial charge in [0.2, 0.25) is 0 Å². The molecule has 0 saturated carbocycles. The number of para-hydroxylation sites is 1.